The van der Waals surface area contributed by atoms with Gasteiger partial charge in [-0.1, -0.05) is 13.8 Å². The number of likely N-dealkylation sites (N-methyl/N-ethyl adjacent to an activating group) is 2. The fourth-order valence-electron chi connectivity index (χ4n) is 4.28. The van der Waals surface area contributed by atoms with Crippen molar-refractivity contribution in [1.29, 1.82) is 0 Å². The Balaban J connectivity index is 2.01. The van der Waals surface area contributed by atoms with Gasteiger partial charge in [0.2, 0.25) is 0 Å². The van der Waals surface area contributed by atoms with Gasteiger partial charge in [-0.05, 0) is 70.6 Å². The molecule has 0 aromatic carbocycles. The van der Waals surface area contributed by atoms with E-state index in [1.807, 2.05) is 0 Å². The van der Waals surface area contributed by atoms with Crippen LogP contribution in [-0.2, 0) is 0 Å². The van der Waals surface area contributed by atoms with E-state index in [1.54, 1.807) is 0 Å². The molecular weight excluding hydrogens is 236 g/mol. The van der Waals surface area contributed by atoms with Crippen LogP contribution in [0.15, 0.2) is 0 Å². The largest absolute Gasteiger partial charge is 0.391 e. The molecular formula is C16H32N2O. The summed E-state index contributed by atoms with van der Waals surface area (Å²) in [6.07, 6.45) is 4.81. The molecule has 1 saturated carbocycles. The number of rotatable bonds is 2. The normalized spacial score (nSPS) is 40.9. The highest BCUT2D eigenvalue weighted by molar-refractivity contribution is 4.89. The number of hydrogen-bond donors (Lipinski definition) is 1. The van der Waals surface area contributed by atoms with E-state index in [9.17, 15) is 5.11 Å². The van der Waals surface area contributed by atoms with Gasteiger partial charge in [-0.25, -0.2) is 0 Å². The maximum Gasteiger partial charge on any atom is 0.0736 e. The Kier molecular flexibility index (Phi) is 5.27. The van der Waals surface area contributed by atoms with Gasteiger partial charge in [-0.3, -0.25) is 4.90 Å². The van der Waals surface area contributed by atoms with Gasteiger partial charge < -0.3 is 10.0 Å². The average molecular weight is 268 g/mol. The fraction of sp³-hybridized carbons (Fsp3) is 1.00. The molecule has 2 aliphatic rings. The van der Waals surface area contributed by atoms with E-state index in [0.29, 0.717) is 12.0 Å². The summed E-state index contributed by atoms with van der Waals surface area (Å²) in [5, 5.41) is 10.9. The zero-order valence-electron chi connectivity index (χ0n) is 13.2. The summed E-state index contributed by atoms with van der Waals surface area (Å²) in [4.78, 5) is 4.77. The third-order valence-electron chi connectivity index (χ3n) is 5.21. The third kappa shape index (κ3) is 3.93. The summed E-state index contributed by atoms with van der Waals surface area (Å²) in [5.74, 6) is 2.05. The molecule has 1 heterocycles. The minimum absolute atomic E-state index is 0.157. The molecule has 0 spiro atoms. The van der Waals surface area contributed by atoms with Gasteiger partial charge in [0.1, 0.15) is 0 Å². The summed E-state index contributed by atoms with van der Waals surface area (Å²) in [5.41, 5.74) is 0. The molecule has 0 radical (unpaired) electrons. The van der Waals surface area contributed by atoms with E-state index in [-0.39, 0.29) is 6.10 Å². The van der Waals surface area contributed by atoms with E-state index in [1.165, 1.54) is 25.7 Å². The lowest BCUT2D eigenvalue weighted by Gasteiger charge is -2.40. The molecule has 4 atom stereocenters. The number of aliphatic hydroxyl groups is 1. The van der Waals surface area contributed by atoms with Crippen LogP contribution in [0.1, 0.15) is 39.5 Å². The molecule has 0 bridgehead atoms. The van der Waals surface area contributed by atoms with Crippen molar-refractivity contribution in [2.45, 2.75) is 51.7 Å². The Morgan fingerprint density at radius 2 is 1.63 bits per heavy atom. The Labute approximate surface area is 119 Å². The first-order chi connectivity index (χ1) is 8.97. The number of aliphatic hydroxyl groups excluding tert-OH is 1. The van der Waals surface area contributed by atoms with Gasteiger partial charge in [0.25, 0.3) is 0 Å². The zero-order chi connectivity index (χ0) is 14.0. The summed E-state index contributed by atoms with van der Waals surface area (Å²) < 4.78 is 0. The first kappa shape index (κ1) is 15.3. The quantitative estimate of drug-likeness (QED) is 0.830. The van der Waals surface area contributed by atoms with Crippen LogP contribution in [0.4, 0.5) is 0 Å². The Hall–Kier alpha value is -0.120. The standard InChI is InChI=1S/C16H32N2O/c1-12-8-13(2)10-14(9-12)16(19)15-11-17(3)6-5-7-18(15)4/h12-16,19H,5-11H2,1-4H3. The van der Waals surface area contributed by atoms with Crippen LogP contribution in [-0.4, -0.2) is 60.8 Å². The maximum atomic E-state index is 10.9. The SMILES string of the molecule is CC1CC(C)CC(C(O)C2CN(C)CCCN2C)C1. The predicted molar refractivity (Wildman–Crippen MR) is 80.2 cm³/mol. The molecule has 0 amide bonds. The molecule has 112 valence electrons. The second-order valence-corrected chi connectivity index (χ2v) is 7.33. The van der Waals surface area contributed by atoms with Gasteiger partial charge in [0.05, 0.1) is 6.10 Å². The van der Waals surface area contributed by atoms with Crippen LogP contribution in [0.2, 0.25) is 0 Å². The van der Waals surface area contributed by atoms with Gasteiger partial charge in [-0.2, -0.15) is 0 Å². The highest BCUT2D eigenvalue weighted by Crippen LogP contribution is 2.36. The summed E-state index contributed by atoms with van der Waals surface area (Å²) in [7, 11) is 4.37. The van der Waals surface area contributed by atoms with Crippen molar-refractivity contribution in [1.82, 2.24) is 9.80 Å². The lowest BCUT2D eigenvalue weighted by atomic mass is 9.73. The van der Waals surface area contributed by atoms with Gasteiger partial charge in [0, 0.05) is 12.6 Å². The van der Waals surface area contributed by atoms with Crippen LogP contribution in [0.5, 0.6) is 0 Å². The second kappa shape index (κ2) is 6.55. The van der Waals surface area contributed by atoms with E-state index >= 15 is 0 Å². The lowest BCUT2D eigenvalue weighted by molar-refractivity contribution is -0.0107. The zero-order valence-corrected chi connectivity index (χ0v) is 13.2. The first-order valence-corrected chi connectivity index (χ1v) is 8.04. The van der Waals surface area contributed by atoms with Crippen molar-refractivity contribution in [2.24, 2.45) is 17.8 Å². The van der Waals surface area contributed by atoms with Crippen LogP contribution in [0, 0.1) is 17.8 Å². The summed E-state index contributed by atoms with van der Waals surface area (Å²) in [6, 6.07) is 0.315. The molecule has 1 N–H and O–H groups in total. The highest BCUT2D eigenvalue weighted by atomic mass is 16.3. The van der Waals surface area contributed by atoms with E-state index in [2.05, 4.69) is 37.7 Å². The molecule has 1 saturated heterocycles. The van der Waals surface area contributed by atoms with Crippen molar-refractivity contribution in [2.75, 3.05) is 33.7 Å². The molecule has 1 aliphatic carbocycles. The van der Waals surface area contributed by atoms with Crippen molar-refractivity contribution < 1.29 is 5.11 Å². The molecule has 3 heteroatoms. The number of nitrogens with zero attached hydrogens (tertiary/aromatic N) is 2. The topological polar surface area (TPSA) is 26.7 Å². The molecule has 2 fully saturated rings. The van der Waals surface area contributed by atoms with Crippen molar-refractivity contribution >= 4 is 0 Å². The minimum atomic E-state index is -0.157. The molecule has 2 rings (SSSR count). The Bertz CT molecular complexity index is 274. The maximum absolute atomic E-state index is 10.9. The van der Waals surface area contributed by atoms with Crippen LogP contribution < -0.4 is 0 Å². The van der Waals surface area contributed by atoms with Gasteiger partial charge >= 0.3 is 0 Å². The summed E-state index contributed by atoms with van der Waals surface area (Å²) in [6.45, 7) is 7.97. The molecule has 3 nitrogen and oxygen atoms in total. The number of hydrogen-bond acceptors (Lipinski definition) is 3. The molecule has 1 aliphatic heterocycles. The highest BCUT2D eigenvalue weighted by Gasteiger charge is 2.36. The smallest absolute Gasteiger partial charge is 0.0736 e. The van der Waals surface area contributed by atoms with E-state index in [4.69, 9.17) is 0 Å². The second-order valence-electron chi connectivity index (χ2n) is 7.33. The van der Waals surface area contributed by atoms with E-state index in [0.717, 1.165) is 31.5 Å². The lowest BCUT2D eigenvalue weighted by Crippen LogP contribution is -2.50. The van der Waals surface area contributed by atoms with E-state index < -0.39 is 0 Å². The van der Waals surface area contributed by atoms with Crippen LogP contribution >= 0.6 is 0 Å². The Morgan fingerprint density at radius 3 is 2.26 bits per heavy atom. The van der Waals surface area contributed by atoms with Crippen molar-refractivity contribution in [3.8, 4) is 0 Å². The fourth-order valence-corrected chi connectivity index (χ4v) is 4.28. The third-order valence-corrected chi connectivity index (χ3v) is 5.21. The molecule has 19 heavy (non-hydrogen) atoms. The van der Waals surface area contributed by atoms with Crippen LogP contribution in [0.3, 0.4) is 0 Å². The molecule has 4 unspecified atom stereocenters. The summed E-state index contributed by atoms with van der Waals surface area (Å²) >= 11 is 0. The predicted octanol–water partition coefficient (Wildman–Crippen LogP) is 2.06. The minimum Gasteiger partial charge on any atom is -0.391 e. The van der Waals surface area contributed by atoms with Gasteiger partial charge in [-0.15, -0.1) is 0 Å². The Morgan fingerprint density at radius 1 is 1.00 bits per heavy atom. The van der Waals surface area contributed by atoms with Crippen molar-refractivity contribution in [3.05, 3.63) is 0 Å². The molecule has 0 aromatic heterocycles. The average Bonchev–Trinajstić information content (AvgIpc) is 2.49. The van der Waals surface area contributed by atoms with Gasteiger partial charge in [0.15, 0.2) is 0 Å². The first-order valence-electron chi connectivity index (χ1n) is 8.04. The molecule has 0 aromatic rings. The monoisotopic (exact) mass is 268 g/mol. The van der Waals surface area contributed by atoms with Crippen molar-refractivity contribution in [3.63, 3.8) is 0 Å². The van der Waals surface area contributed by atoms with Crippen LogP contribution in [0.25, 0.3) is 0 Å².